The zero-order chi connectivity index (χ0) is 16.2. The Morgan fingerprint density at radius 3 is 2.67 bits per heavy atom. The highest BCUT2D eigenvalue weighted by Gasteiger charge is 2.24. The van der Waals surface area contributed by atoms with Crippen LogP contribution in [0.15, 0.2) is 48.5 Å². The molecular weight excluding hydrogens is 329 g/mol. The third-order valence-corrected chi connectivity index (χ3v) is 4.21. The number of halogens is 2. The maximum atomic E-state index is 13.5. The molecule has 1 heterocycles. The Balaban J connectivity index is 0.00000208. The average molecular weight is 350 g/mol. The molecule has 0 saturated carbocycles. The van der Waals surface area contributed by atoms with E-state index in [4.69, 9.17) is 5.73 Å². The highest BCUT2D eigenvalue weighted by atomic mass is 35.5. The van der Waals surface area contributed by atoms with Crippen molar-refractivity contribution in [3.05, 3.63) is 71.0 Å². The van der Waals surface area contributed by atoms with Gasteiger partial charge in [0, 0.05) is 37.8 Å². The normalized spacial score (nSPS) is 18.0. The highest BCUT2D eigenvalue weighted by Crippen LogP contribution is 2.24. The van der Waals surface area contributed by atoms with Crippen LogP contribution in [0.5, 0.6) is 0 Å². The molecule has 0 radical (unpaired) electrons. The van der Waals surface area contributed by atoms with Crippen LogP contribution in [-0.4, -0.2) is 30.4 Å². The molecule has 1 aliphatic rings. The Morgan fingerprint density at radius 1 is 1.25 bits per heavy atom. The lowest BCUT2D eigenvalue weighted by Crippen LogP contribution is -2.45. The Labute approximate surface area is 147 Å². The number of hydrogen-bond donors (Lipinski definition) is 2. The lowest BCUT2D eigenvalue weighted by atomic mass is 10.0. The van der Waals surface area contributed by atoms with E-state index in [1.165, 1.54) is 6.07 Å². The van der Waals surface area contributed by atoms with Gasteiger partial charge in [-0.25, -0.2) is 4.39 Å². The van der Waals surface area contributed by atoms with Crippen molar-refractivity contribution >= 4 is 18.3 Å². The van der Waals surface area contributed by atoms with Crippen molar-refractivity contribution in [3.63, 3.8) is 0 Å². The molecule has 3 rings (SSSR count). The van der Waals surface area contributed by atoms with E-state index in [9.17, 15) is 9.18 Å². The van der Waals surface area contributed by atoms with Crippen LogP contribution in [0.2, 0.25) is 0 Å². The molecule has 0 aromatic heterocycles. The molecule has 3 N–H and O–H groups in total. The first-order valence-electron chi connectivity index (χ1n) is 7.72. The Morgan fingerprint density at radius 2 is 2.00 bits per heavy atom. The summed E-state index contributed by atoms with van der Waals surface area (Å²) in [5, 5.41) is 3.37. The quantitative estimate of drug-likeness (QED) is 0.891. The first-order chi connectivity index (χ1) is 11.1. The molecule has 1 unspecified atom stereocenters. The van der Waals surface area contributed by atoms with Gasteiger partial charge in [-0.2, -0.15) is 0 Å². The van der Waals surface area contributed by atoms with Gasteiger partial charge in [0.2, 0.25) is 5.91 Å². The topological polar surface area (TPSA) is 58.4 Å². The van der Waals surface area contributed by atoms with Gasteiger partial charge >= 0.3 is 0 Å². The van der Waals surface area contributed by atoms with E-state index in [0.29, 0.717) is 5.56 Å². The molecule has 1 saturated heterocycles. The van der Waals surface area contributed by atoms with E-state index in [1.54, 1.807) is 24.3 Å². The van der Waals surface area contributed by atoms with Crippen molar-refractivity contribution in [2.24, 2.45) is 5.73 Å². The molecule has 1 fully saturated rings. The second kappa shape index (κ2) is 8.24. The zero-order valence-corrected chi connectivity index (χ0v) is 14.1. The van der Waals surface area contributed by atoms with Crippen LogP contribution < -0.4 is 11.1 Å². The molecule has 2 aromatic rings. The molecule has 0 spiro atoms. The second-order valence-corrected chi connectivity index (χ2v) is 5.81. The third-order valence-electron chi connectivity index (χ3n) is 4.21. The van der Waals surface area contributed by atoms with Crippen molar-refractivity contribution in [2.75, 3.05) is 19.6 Å². The standard InChI is InChI=1S/C18H20FN3O.ClH/c19-16-3-1-2-15(10-16)17-11-21-8-9-22(17)12-13-4-6-14(7-5-13)18(20)23;/h1-7,10,17,21H,8-9,11-12H2,(H2,20,23);1H. The van der Waals surface area contributed by atoms with E-state index in [-0.39, 0.29) is 24.3 Å². The molecule has 0 bridgehead atoms. The van der Waals surface area contributed by atoms with Crippen molar-refractivity contribution < 1.29 is 9.18 Å². The summed E-state index contributed by atoms with van der Waals surface area (Å²) in [6, 6.07) is 14.2. The molecule has 1 atom stereocenters. The van der Waals surface area contributed by atoms with Crippen LogP contribution in [0.3, 0.4) is 0 Å². The first kappa shape index (κ1) is 18.4. The monoisotopic (exact) mass is 349 g/mol. The van der Waals surface area contributed by atoms with Gasteiger partial charge in [0.15, 0.2) is 0 Å². The second-order valence-electron chi connectivity index (χ2n) is 5.81. The van der Waals surface area contributed by atoms with Crippen LogP contribution in [-0.2, 0) is 6.54 Å². The van der Waals surface area contributed by atoms with Gasteiger partial charge < -0.3 is 11.1 Å². The summed E-state index contributed by atoms with van der Waals surface area (Å²) in [4.78, 5) is 13.5. The number of nitrogens with two attached hydrogens (primary N) is 1. The van der Waals surface area contributed by atoms with Gasteiger partial charge in [-0.05, 0) is 35.4 Å². The molecule has 6 heteroatoms. The van der Waals surface area contributed by atoms with Crippen molar-refractivity contribution in [2.45, 2.75) is 12.6 Å². The summed E-state index contributed by atoms with van der Waals surface area (Å²) in [5.41, 5.74) is 7.86. The summed E-state index contributed by atoms with van der Waals surface area (Å²) in [5.74, 6) is -0.629. The van der Waals surface area contributed by atoms with E-state index in [1.807, 2.05) is 18.2 Å². The van der Waals surface area contributed by atoms with E-state index in [2.05, 4.69) is 10.2 Å². The van der Waals surface area contributed by atoms with Gasteiger partial charge in [0.1, 0.15) is 5.82 Å². The molecule has 24 heavy (non-hydrogen) atoms. The van der Waals surface area contributed by atoms with E-state index >= 15 is 0 Å². The Bertz CT molecular complexity index is 693. The minimum atomic E-state index is -0.420. The van der Waals surface area contributed by atoms with Crippen molar-refractivity contribution in [1.29, 1.82) is 0 Å². The molecule has 4 nitrogen and oxygen atoms in total. The van der Waals surface area contributed by atoms with Crippen LogP contribution in [0.4, 0.5) is 4.39 Å². The van der Waals surface area contributed by atoms with Crippen LogP contribution in [0.25, 0.3) is 0 Å². The molecule has 128 valence electrons. The SMILES string of the molecule is Cl.NC(=O)c1ccc(CN2CCNCC2c2cccc(F)c2)cc1. The fourth-order valence-electron chi connectivity index (χ4n) is 2.99. The van der Waals surface area contributed by atoms with Crippen molar-refractivity contribution in [3.8, 4) is 0 Å². The van der Waals surface area contributed by atoms with Gasteiger partial charge in [0.25, 0.3) is 0 Å². The Kier molecular flexibility index (Phi) is 6.31. The van der Waals surface area contributed by atoms with Gasteiger partial charge in [-0.1, -0.05) is 24.3 Å². The third kappa shape index (κ3) is 4.32. The average Bonchev–Trinajstić information content (AvgIpc) is 2.56. The number of primary amides is 1. The number of benzene rings is 2. The number of carbonyl (C=O) groups excluding carboxylic acids is 1. The number of rotatable bonds is 4. The summed E-state index contributed by atoms with van der Waals surface area (Å²) in [7, 11) is 0. The van der Waals surface area contributed by atoms with Gasteiger partial charge in [0.05, 0.1) is 0 Å². The zero-order valence-electron chi connectivity index (χ0n) is 13.2. The lowest BCUT2D eigenvalue weighted by molar-refractivity contribution is 0.1000. The molecule has 1 aliphatic heterocycles. The fraction of sp³-hybridized carbons (Fsp3) is 0.278. The van der Waals surface area contributed by atoms with Crippen LogP contribution in [0.1, 0.15) is 27.5 Å². The summed E-state index contributed by atoms with van der Waals surface area (Å²) in [6.07, 6.45) is 0. The first-order valence-corrected chi connectivity index (χ1v) is 7.72. The number of piperazine rings is 1. The molecule has 2 aromatic carbocycles. The molecule has 1 amide bonds. The van der Waals surface area contributed by atoms with Gasteiger partial charge in [-0.3, -0.25) is 9.69 Å². The summed E-state index contributed by atoms with van der Waals surface area (Å²) in [6.45, 7) is 3.34. The number of amides is 1. The maximum Gasteiger partial charge on any atom is 0.248 e. The minimum absolute atomic E-state index is 0. The van der Waals surface area contributed by atoms with Gasteiger partial charge in [-0.15, -0.1) is 12.4 Å². The van der Waals surface area contributed by atoms with Crippen molar-refractivity contribution in [1.82, 2.24) is 10.2 Å². The smallest absolute Gasteiger partial charge is 0.248 e. The molecule has 0 aliphatic carbocycles. The minimum Gasteiger partial charge on any atom is -0.366 e. The van der Waals surface area contributed by atoms with E-state index in [0.717, 1.165) is 37.3 Å². The molecular formula is C18H21ClFN3O. The number of nitrogens with one attached hydrogen (secondary N) is 1. The fourth-order valence-corrected chi connectivity index (χ4v) is 2.99. The van der Waals surface area contributed by atoms with Crippen LogP contribution >= 0.6 is 12.4 Å². The summed E-state index contributed by atoms with van der Waals surface area (Å²) < 4.78 is 13.5. The lowest BCUT2D eigenvalue weighted by Gasteiger charge is -2.36. The summed E-state index contributed by atoms with van der Waals surface area (Å²) >= 11 is 0. The van der Waals surface area contributed by atoms with Crippen LogP contribution in [0, 0.1) is 5.82 Å². The largest absolute Gasteiger partial charge is 0.366 e. The number of nitrogens with zero attached hydrogens (tertiary/aromatic N) is 1. The predicted octanol–water partition coefficient (Wildman–Crippen LogP) is 2.49. The maximum absolute atomic E-state index is 13.5. The number of hydrogen-bond acceptors (Lipinski definition) is 3. The number of carbonyl (C=O) groups is 1. The van der Waals surface area contributed by atoms with E-state index < -0.39 is 5.91 Å². The highest BCUT2D eigenvalue weighted by molar-refractivity contribution is 5.92. The Hall–Kier alpha value is -1.95. The predicted molar refractivity (Wildman–Crippen MR) is 94.6 cm³/mol.